The Morgan fingerprint density at radius 3 is 2.48 bits per heavy atom. The van der Waals surface area contributed by atoms with Crippen LogP contribution in [0.15, 0.2) is 36.8 Å². The largest absolute Gasteiger partial charge is 0.335 e. The average molecular weight is 285 g/mol. The zero-order chi connectivity index (χ0) is 15.5. The Balaban J connectivity index is 2.05. The second-order valence-electron chi connectivity index (χ2n) is 6.33. The number of hydrogen-bond donors (Lipinski definition) is 1. The number of carbonyl (C=O) groups excluding carboxylic acids is 1. The number of rotatable bonds is 5. The Hall–Kier alpha value is -1.94. The summed E-state index contributed by atoms with van der Waals surface area (Å²) in [4.78, 5) is 16.4. The van der Waals surface area contributed by atoms with Crippen LogP contribution in [-0.2, 0) is 18.4 Å². The summed E-state index contributed by atoms with van der Waals surface area (Å²) in [5.74, 6) is 0.0364. The topological polar surface area (TPSA) is 60.9 Å². The molecule has 0 unspecified atom stereocenters. The van der Waals surface area contributed by atoms with E-state index in [1.54, 1.807) is 12.5 Å². The minimum Gasteiger partial charge on any atom is -0.335 e. The number of nitrogens with zero attached hydrogens (tertiary/aromatic N) is 2. The van der Waals surface area contributed by atoms with Gasteiger partial charge in [0.1, 0.15) is 5.69 Å². The van der Waals surface area contributed by atoms with Crippen molar-refractivity contribution in [2.24, 2.45) is 5.73 Å². The Bertz CT molecular complexity index is 606. The summed E-state index contributed by atoms with van der Waals surface area (Å²) >= 11 is 0. The summed E-state index contributed by atoms with van der Waals surface area (Å²) in [6.45, 7) is 7.75. The molecule has 0 bridgehead atoms. The van der Waals surface area contributed by atoms with Crippen LogP contribution in [0.5, 0.6) is 0 Å². The third-order valence-electron chi connectivity index (χ3n) is 3.49. The molecule has 2 aromatic rings. The van der Waals surface area contributed by atoms with Gasteiger partial charge in [0.15, 0.2) is 5.78 Å². The highest BCUT2D eigenvalue weighted by Crippen LogP contribution is 2.22. The molecule has 112 valence electrons. The van der Waals surface area contributed by atoms with Gasteiger partial charge in [-0.05, 0) is 16.5 Å². The molecule has 0 spiro atoms. The number of ketones is 1. The Labute approximate surface area is 126 Å². The zero-order valence-electron chi connectivity index (χ0n) is 13.0. The summed E-state index contributed by atoms with van der Waals surface area (Å²) in [6.07, 6.45) is 3.80. The van der Waals surface area contributed by atoms with Crippen molar-refractivity contribution >= 4 is 5.78 Å². The lowest BCUT2D eigenvalue weighted by Gasteiger charge is -2.19. The lowest BCUT2D eigenvalue weighted by Crippen LogP contribution is -2.11. The van der Waals surface area contributed by atoms with E-state index in [0.717, 1.165) is 5.56 Å². The van der Waals surface area contributed by atoms with E-state index in [1.165, 1.54) is 5.56 Å². The maximum absolute atomic E-state index is 12.2. The van der Waals surface area contributed by atoms with Gasteiger partial charge in [-0.15, -0.1) is 0 Å². The number of hydrogen-bond acceptors (Lipinski definition) is 3. The molecule has 21 heavy (non-hydrogen) atoms. The third kappa shape index (κ3) is 4.02. The summed E-state index contributed by atoms with van der Waals surface area (Å²) in [5.41, 5.74) is 8.40. The summed E-state index contributed by atoms with van der Waals surface area (Å²) in [7, 11) is 0. The summed E-state index contributed by atoms with van der Waals surface area (Å²) in [6, 6.07) is 8.23. The van der Waals surface area contributed by atoms with E-state index in [2.05, 4.69) is 37.9 Å². The van der Waals surface area contributed by atoms with Gasteiger partial charge in [0.25, 0.3) is 0 Å². The van der Waals surface area contributed by atoms with Crippen molar-refractivity contribution in [1.82, 2.24) is 9.55 Å². The molecule has 0 aliphatic heterocycles. The number of imidazole rings is 1. The van der Waals surface area contributed by atoms with Crippen LogP contribution in [0.25, 0.3) is 0 Å². The SMILES string of the molecule is CC(C)(C)c1ccc(CC(=O)c2cn(CCN)cn2)cc1. The zero-order valence-corrected chi connectivity index (χ0v) is 13.0. The van der Waals surface area contributed by atoms with Gasteiger partial charge in [-0.1, -0.05) is 45.0 Å². The minimum absolute atomic E-state index is 0.0364. The van der Waals surface area contributed by atoms with E-state index >= 15 is 0 Å². The highest BCUT2D eigenvalue weighted by molar-refractivity contribution is 5.95. The van der Waals surface area contributed by atoms with Crippen LogP contribution in [0.2, 0.25) is 0 Å². The lowest BCUT2D eigenvalue weighted by molar-refractivity contribution is 0.0988. The molecule has 1 aromatic carbocycles. The van der Waals surface area contributed by atoms with E-state index in [1.807, 2.05) is 16.7 Å². The maximum atomic E-state index is 12.2. The van der Waals surface area contributed by atoms with Gasteiger partial charge in [0.05, 0.1) is 6.33 Å². The number of carbonyl (C=O) groups is 1. The van der Waals surface area contributed by atoms with Gasteiger partial charge in [-0.3, -0.25) is 4.79 Å². The first-order chi connectivity index (χ1) is 9.90. The Morgan fingerprint density at radius 1 is 1.24 bits per heavy atom. The molecule has 0 aliphatic rings. The van der Waals surface area contributed by atoms with Crippen LogP contribution in [0.4, 0.5) is 0 Å². The van der Waals surface area contributed by atoms with Gasteiger partial charge in [-0.2, -0.15) is 0 Å². The van der Waals surface area contributed by atoms with Crippen LogP contribution in [0.3, 0.4) is 0 Å². The van der Waals surface area contributed by atoms with E-state index < -0.39 is 0 Å². The molecule has 2 N–H and O–H groups in total. The Morgan fingerprint density at radius 2 is 1.90 bits per heavy atom. The van der Waals surface area contributed by atoms with Crippen LogP contribution in [0, 0.1) is 0 Å². The van der Waals surface area contributed by atoms with E-state index in [4.69, 9.17) is 5.73 Å². The van der Waals surface area contributed by atoms with Gasteiger partial charge in [-0.25, -0.2) is 4.98 Å². The smallest absolute Gasteiger partial charge is 0.187 e. The van der Waals surface area contributed by atoms with Gasteiger partial charge >= 0.3 is 0 Å². The fourth-order valence-corrected chi connectivity index (χ4v) is 2.17. The van der Waals surface area contributed by atoms with Crippen molar-refractivity contribution in [3.63, 3.8) is 0 Å². The van der Waals surface area contributed by atoms with E-state index in [9.17, 15) is 4.79 Å². The molecule has 0 atom stereocenters. The summed E-state index contributed by atoms with van der Waals surface area (Å²) in [5, 5.41) is 0. The second-order valence-corrected chi connectivity index (χ2v) is 6.33. The van der Waals surface area contributed by atoms with Crippen molar-refractivity contribution < 1.29 is 4.79 Å². The maximum Gasteiger partial charge on any atom is 0.187 e. The molecule has 0 amide bonds. The predicted octanol–water partition coefficient (Wildman–Crippen LogP) is 2.56. The van der Waals surface area contributed by atoms with E-state index in [0.29, 0.717) is 25.2 Å². The fraction of sp³-hybridized carbons (Fsp3) is 0.412. The van der Waals surface area contributed by atoms with Gasteiger partial charge in [0, 0.05) is 25.7 Å². The first kappa shape index (κ1) is 15.4. The molecule has 0 aliphatic carbocycles. The second kappa shape index (κ2) is 6.22. The number of Topliss-reactive ketones (excluding diaryl/α,β-unsaturated/α-hetero) is 1. The number of benzene rings is 1. The number of aromatic nitrogens is 2. The van der Waals surface area contributed by atoms with Crippen molar-refractivity contribution in [2.45, 2.75) is 39.2 Å². The summed E-state index contributed by atoms with van der Waals surface area (Å²) < 4.78 is 1.84. The van der Waals surface area contributed by atoms with Gasteiger partial charge in [0.2, 0.25) is 0 Å². The normalized spacial score (nSPS) is 11.6. The number of nitrogens with two attached hydrogens (primary N) is 1. The van der Waals surface area contributed by atoms with E-state index in [-0.39, 0.29) is 11.2 Å². The average Bonchev–Trinajstić information content (AvgIpc) is 2.87. The standard InChI is InChI=1S/C17H23N3O/c1-17(2,3)14-6-4-13(5-7-14)10-16(21)15-11-20(9-8-18)12-19-15/h4-7,11-12H,8-10,18H2,1-3H3. The monoisotopic (exact) mass is 285 g/mol. The Kier molecular flexibility index (Phi) is 4.58. The molecule has 4 nitrogen and oxygen atoms in total. The van der Waals surface area contributed by atoms with Gasteiger partial charge < -0.3 is 10.3 Å². The highest BCUT2D eigenvalue weighted by atomic mass is 16.1. The van der Waals surface area contributed by atoms with Crippen LogP contribution in [0.1, 0.15) is 42.4 Å². The van der Waals surface area contributed by atoms with Crippen molar-refractivity contribution in [3.8, 4) is 0 Å². The van der Waals surface area contributed by atoms with Crippen LogP contribution in [-0.4, -0.2) is 21.9 Å². The molecule has 0 radical (unpaired) electrons. The molecule has 2 rings (SSSR count). The lowest BCUT2D eigenvalue weighted by atomic mass is 9.86. The van der Waals surface area contributed by atoms with Crippen LogP contribution >= 0.6 is 0 Å². The molecule has 1 aromatic heterocycles. The molecule has 4 heteroatoms. The molecule has 0 fully saturated rings. The van der Waals surface area contributed by atoms with Crippen molar-refractivity contribution in [3.05, 3.63) is 53.6 Å². The quantitative estimate of drug-likeness (QED) is 0.859. The van der Waals surface area contributed by atoms with Crippen LogP contribution < -0.4 is 5.73 Å². The molecule has 0 saturated carbocycles. The van der Waals surface area contributed by atoms with Crippen molar-refractivity contribution in [2.75, 3.05) is 6.54 Å². The molecular formula is C17H23N3O. The van der Waals surface area contributed by atoms with Crippen molar-refractivity contribution in [1.29, 1.82) is 0 Å². The first-order valence-electron chi connectivity index (χ1n) is 7.24. The third-order valence-corrected chi connectivity index (χ3v) is 3.49. The molecule has 1 heterocycles. The minimum atomic E-state index is 0.0364. The molecular weight excluding hydrogens is 262 g/mol. The molecule has 0 saturated heterocycles. The highest BCUT2D eigenvalue weighted by Gasteiger charge is 2.14. The first-order valence-corrected chi connectivity index (χ1v) is 7.24. The predicted molar refractivity (Wildman–Crippen MR) is 84.5 cm³/mol. The fourth-order valence-electron chi connectivity index (χ4n) is 2.17.